The molecule has 0 bridgehead atoms. The van der Waals surface area contributed by atoms with E-state index in [-0.39, 0.29) is 0 Å². The van der Waals surface area contributed by atoms with E-state index in [1.54, 1.807) is 0 Å². The highest BCUT2D eigenvalue weighted by atomic mass is 14.7. The summed E-state index contributed by atoms with van der Waals surface area (Å²) in [5.74, 6) is 0. The quantitative estimate of drug-likeness (QED) is 0.542. The van der Waals surface area contributed by atoms with Crippen molar-refractivity contribution in [1.29, 1.82) is 0 Å². The molecule has 0 atom stereocenters. The van der Waals surface area contributed by atoms with Gasteiger partial charge >= 0.3 is 0 Å². The number of nitrogens with zero attached hydrogens (tertiary/aromatic N) is 2. The lowest BCUT2D eigenvalue weighted by molar-refractivity contribution is 1.27. The van der Waals surface area contributed by atoms with Crippen molar-refractivity contribution in [2.24, 2.45) is 0 Å². The third kappa shape index (κ3) is 1.41. The molecule has 0 spiro atoms. The predicted molar refractivity (Wildman–Crippen MR) is 71.3 cm³/mol. The smallest absolute Gasteiger partial charge is 0.0970 e. The summed E-state index contributed by atoms with van der Waals surface area (Å²) < 4.78 is 0. The van der Waals surface area contributed by atoms with Crippen molar-refractivity contribution < 1.29 is 0 Å². The maximum atomic E-state index is 4.57. The minimum atomic E-state index is 0.996. The van der Waals surface area contributed by atoms with E-state index in [0.717, 1.165) is 16.4 Å². The predicted octanol–water partition coefficient (Wildman–Crippen LogP) is 3.71. The van der Waals surface area contributed by atoms with Gasteiger partial charge in [0.25, 0.3) is 0 Å². The Hall–Kier alpha value is -1.96. The third-order valence-electron chi connectivity index (χ3n) is 3.42. The van der Waals surface area contributed by atoms with Crippen LogP contribution >= 0.6 is 0 Å². The normalized spacial score (nSPS) is 11.2. The third-order valence-corrected chi connectivity index (χ3v) is 3.42. The molecule has 0 N–H and O–H groups in total. The van der Waals surface area contributed by atoms with Gasteiger partial charge in [0.1, 0.15) is 0 Å². The summed E-state index contributed by atoms with van der Waals surface area (Å²) in [5.41, 5.74) is 5.82. The minimum Gasteiger partial charge on any atom is -0.254 e. The number of fused-ring (bicyclic) bond motifs is 3. The van der Waals surface area contributed by atoms with Crippen LogP contribution in [0.15, 0.2) is 30.6 Å². The second kappa shape index (κ2) is 3.52. The van der Waals surface area contributed by atoms with E-state index in [4.69, 9.17) is 0 Å². The topological polar surface area (TPSA) is 25.8 Å². The van der Waals surface area contributed by atoms with Crippen LogP contribution in [0.5, 0.6) is 0 Å². The molecule has 17 heavy (non-hydrogen) atoms. The van der Waals surface area contributed by atoms with Gasteiger partial charge in [0.15, 0.2) is 0 Å². The van der Waals surface area contributed by atoms with Crippen molar-refractivity contribution in [3.05, 3.63) is 47.3 Å². The lowest BCUT2D eigenvalue weighted by atomic mass is 9.99. The van der Waals surface area contributed by atoms with Crippen molar-refractivity contribution in [3.63, 3.8) is 0 Å². The van der Waals surface area contributed by atoms with Gasteiger partial charge in [-0.2, -0.15) is 0 Å². The zero-order chi connectivity index (χ0) is 12.0. The zero-order valence-corrected chi connectivity index (χ0v) is 10.3. The van der Waals surface area contributed by atoms with Crippen LogP contribution in [0.25, 0.3) is 21.8 Å². The molecule has 3 rings (SSSR count). The Kier molecular flexibility index (Phi) is 2.11. The Labute approximate surface area is 100 Å². The molecule has 2 aromatic heterocycles. The lowest BCUT2D eigenvalue weighted by Crippen LogP contribution is -1.93. The molecular weight excluding hydrogens is 208 g/mol. The van der Waals surface area contributed by atoms with E-state index in [0.29, 0.717) is 0 Å². The number of rotatable bonds is 0. The van der Waals surface area contributed by atoms with Crippen molar-refractivity contribution in [2.45, 2.75) is 20.8 Å². The Morgan fingerprint density at radius 2 is 1.76 bits per heavy atom. The largest absolute Gasteiger partial charge is 0.254 e. The van der Waals surface area contributed by atoms with Crippen LogP contribution in [-0.2, 0) is 0 Å². The molecule has 0 aliphatic carbocycles. The first-order chi connectivity index (χ1) is 8.18. The number of aromatic nitrogens is 2. The summed E-state index contributed by atoms with van der Waals surface area (Å²) >= 11 is 0. The maximum absolute atomic E-state index is 4.57. The van der Waals surface area contributed by atoms with Crippen LogP contribution in [-0.4, -0.2) is 9.97 Å². The minimum absolute atomic E-state index is 0.996. The van der Waals surface area contributed by atoms with Crippen molar-refractivity contribution in [1.82, 2.24) is 9.97 Å². The molecule has 0 amide bonds. The highest BCUT2D eigenvalue weighted by molar-refractivity contribution is 6.05. The monoisotopic (exact) mass is 222 g/mol. The van der Waals surface area contributed by atoms with E-state index < -0.39 is 0 Å². The van der Waals surface area contributed by atoms with Crippen molar-refractivity contribution in [3.8, 4) is 0 Å². The summed E-state index contributed by atoms with van der Waals surface area (Å²) in [6.07, 6.45) is 3.76. The van der Waals surface area contributed by atoms with E-state index in [9.17, 15) is 0 Å². The second-order valence-corrected chi connectivity index (χ2v) is 4.56. The van der Waals surface area contributed by atoms with Crippen LogP contribution in [0.1, 0.15) is 16.7 Å². The molecule has 84 valence electrons. The molecule has 1 aromatic carbocycles. The molecule has 0 unspecified atom stereocenters. The van der Waals surface area contributed by atoms with Crippen LogP contribution in [0, 0.1) is 20.8 Å². The summed E-state index contributed by atoms with van der Waals surface area (Å²) in [6, 6.07) is 6.25. The van der Waals surface area contributed by atoms with Crippen LogP contribution in [0.4, 0.5) is 0 Å². The Morgan fingerprint density at radius 1 is 0.941 bits per heavy atom. The molecule has 0 fully saturated rings. The van der Waals surface area contributed by atoms with Gasteiger partial charge in [-0.15, -0.1) is 0 Å². The molecule has 0 radical (unpaired) electrons. The van der Waals surface area contributed by atoms with Gasteiger partial charge in [0, 0.05) is 23.2 Å². The van der Waals surface area contributed by atoms with Crippen molar-refractivity contribution in [2.75, 3.05) is 0 Å². The van der Waals surface area contributed by atoms with Gasteiger partial charge in [-0.1, -0.05) is 6.07 Å². The Morgan fingerprint density at radius 3 is 2.59 bits per heavy atom. The first-order valence-electron chi connectivity index (χ1n) is 5.78. The fourth-order valence-corrected chi connectivity index (χ4v) is 2.40. The maximum Gasteiger partial charge on any atom is 0.0970 e. The summed E-state index contributed by atoms with van der Waals surface area (Å²) in [5, 5.41) is 2.41. The van der Waals surface area contributed by atoms with Crippen molar-refractivity contribution >= 4 is 21.8 Å². The van der Waals surface area contributed by atoms with Crippen LogP contribution < -0.4 is 0 Å². The highest BCUT2D eigenvalue weighted by Crippen LogP contribution is 2.28. The first-order valence-corrected chi connectivity index (χ1v) is 5.78. The number of hydrogen-bond acceptors (Lipinski definition) is 2. The fourth-order valence-electron chi connectivity index (χ4n) is 2.40. The van der Waals surface area contributed by atoms with E-state index in [1.165, 1.54) is 22.1 Å². The molecule has 0 saturated carbocycles. The average molecular weight is 222 g/mol. The summed E-state index contributed by atoms with van der Waals surface area (Å²) in [6.45, 7) is 6.40. The SMILES string of the molecule is Cc1cnc2c(c(C)cc3cccnc32)c1C. The number of benzene rings is 1. The zero-order valence-electron chi connectivity index (χ0n) is 10.3. The molecule has 0 aliphatic heterocycles. The van der Waals surface area contributed by atoms with E-state index in [2.05, 4.69) is 42.9 Å². The average Bonchev–Trinajstić information content (AvgIpc) is 2.33. The molecule has 3 aromatic rings. The van der Waals surface area contributed by atoms with Gasteiger partial charge in [-0.25, -0.2) is 0 Å². The fraction of sp³-hybridized carbons (Fsp3) is 0.200. The number of aryl methyl sites for hydroxylation is 3. The molecule has 2 heterocycles. The summed E-state index contributed by atoms with van der Waals surface area (Å²) in [4.78, 5) is 9.03. The van der Waals surface area contributed by atoms with Gasteiger partial charge < -0.3 is 0 Å². The Bertz CT molecular complexity index is 730. The van der Waals surface area contributed by atoms with Gasteiger partial charge in [0.2, 0.25) is 0 Å². The summed E-state index contributed by atoms with van der Waals surface area (Å²) in [7, 11) is 0. The van der Waals surface area contributed by atoms with Gasteiger partial charge in [-0.05, 0) is 49.6 Å². The second-order valence-electron chi connectivity index (χ2n) is 4.56. The van der Waals surface area contributed by atoms with Gasteiger partial charge in [0.05, 0.1) is 11.0 Å². The molecule has 2 nitrogen and oxygen atoms in total. The molecule has 0 aliphatic rings. The van der Waals surface area contributed by atoms with E-state index in [1.807, 2.05) is 18.5 Å². The number of pyridine rings is 2. The highest BCUT2D eigenvalue weighted by Gasteiger charge is 2.09. The standard InChI is InChI=1S/C15H14N2/c1-9-7-12-5-4-6-16-14(12)15-13(9)11(3)10(2)8-17-15/h4-8H,1-3H3. The molecular formula is C15H14N2. The van der Waals surface area contributed by atoms with E-state index >= 15 is 0 Å². The lowest BCUT2D eigenvalue weighted by Gasteiger charge is -2.10. The number of hydrogen-bond donors (Lipinski definition) is 0. The van der Waals surface area contributed by atoms with Crippen LogP contribution in [0.3, 0.4) is 0 Å². The molecule has 0 saturated heterocycles. The van der Waals surface area contributed by atoms with Gasteiger partial charge in [-0.3, -0.25) is 9.97 Å². The van der Waals surface area contributed by atoms with Crippen LogP contribution in [0.2, 0.25) is 0 Å². The first kappa shape index (κ1) is 10.2. The molecule has 2 heteroatoms. The Balaban J connectivity index is 2.63.